The zero-order valence-electron chi connectivity index (χ0n) is 14.3. The van der Waals surface area contributed by atoms with Crippen molar-refractivity contribution in [3.8, 4) is 11.5 Å². The van der Waals surface area contributed by atoms with Gasteiger partial charge in [0.25, 0.3) is 0 Å². The summed E-state index contributed by atoms with van der Waals surface area (Å²) in [6.45, 7) is 4.43. The van der Waals surface area contributed by atoms with Crippen molar-refractivity contribution in [1.82, 2.24) is 14.5 Å². The smallest absolute Gasteiger partial charge is 0.224 e. The molecule has 1 aromatic heterocycles. The lowest BCUT2D eigenvalue weighted by Crippen LogP contribution is -2.43. The Bertz CT molecular complexity index is 846. The van der Waals surface area contributed by atoms with Crippen molar-refractivity contribution in [3.05, 3.63) is 17.8 Å². The zero-order chi connectivity index (χ0) is 17.4. The average molecular weight is 345 g/mol. The summed E-state index contributed by atoms with van der Waals surface area (Å²) in [7, 11) is 1.57. The van der Waals surface area contributed by atoms with Crippen molar-refractivity contribution in [1.29, 1.82) is 5.41 Å². The Morgan fingerprint density at radius 1 is 1.36 bits per heavy atom. The van der Waals surface area contributed by atoms with E-state index >= 15 is 0 Å². The molecule has 1 saturated heterocycles. The Kier molecular flexibility index (Phi) is 4.22. The van der Waals surface area contributed by atoms with Gasteiger partial charge in [0.15, 0.2) is 11.5 Å². The van der Waals surface area contributed by atoms with Gasteiger partial charge in [-0.25, -0.2) is 4.98 Å². The van der Waals surface area contributed by atoms with Crippen LogP contribution in [0.4, 0.5) is 5.82 Å². The summed E-state index contributed by atoms with van der Waals surface area (Å²) in [5.41, 5.74) is 0.795. The molecule has 0 radical (unpaired) electrons. The maximum absolute atomic E-state index is 10.1. The Balaban J connectivity index is 1.61. The van der Waals surface area contributed by atoms with E-state index < -0.39 is 6.10 Å². The fraction of sp³-hybridized carbons (Fsp3) is 0.529. The highest BCUT2D eigenvalue weighted by Gasteiger charge is 2.21. The highest BCUT2D eigenvalue weighted by Crippen LogP contribution is 2.37. The first-order valence-electron chi connectivity index (χ1n) is 8.60. The average Bonchev–Trinajstić information content (AvgIpc) is 3.06. The van der Waals surface area contributed by atoms with Crippen LogP contribution in [0.25, 0.3) is 10.9 Å². The lowest BCUT2D eigenvalue weighted by Gasteiger charge is -2.32. The maximum atomic E-state index is 10.1. The molecule has 3 heterocycles. The third-order valence-electron chi connectivity index (χ3n) is 4.77. The first kappa shape index (κ1) is 16.2. The SMILES string of the molecule is COc1c(OC[C@@H](O)CN2CCC2)ccc2c3n(c(=N)nc12)CCN3. The molecule has 25 heavy (non-hydrogen) atoms. The van der Waals surface area contributed by atoms with E-state index in [-0.39, 0.29) is 12.2 Å². The number of methoxy groups -OCH3 is 1. The van der Waals surface area contributed by atoms with Crippen LogP contribution in [0.1, 0.15) is 6.42 Å². The van der Waals surface area contributed by atoms with E-state index in [9.17, 15) is 5.11 Å². The normalized spacial score (nSPS) is 17.7. The number of nitrogens with zero attached hydrogens (tertiary/aromatic N) is 3. The van der Waals surface area contributed by atoms with E-state index in [1.54, 1.807) is 7.11 Å². The van der Waals surface area contributed by atoms with Gasteiger partial charge in [0.2, 0.25) is 5.62 Å². The topological polar surface area (TPSA) is 95.6 Å². The first-order chi connectivity index (χ1) is 12.2. The fourth-order valence-electron chi connectivity index (χ4n) is 3.38. The molecule has 8 nitrogen and oxygen atoms in total. The molecule has 0 bridgehead atoms. The van der Waals surface area contributed by atoms with Gasteiger partial charge in [-0.2, -0.15) is 0 Å². The zero-order valence-corrected chi connectivity index (χ0v) is 14.3. The van der Waals surface area contributed by atoms with Gasteiger partial charge in [0, 0.05) is 25.0 Å². The van der Waals surface area contributed by atoms with Crippen LogP contribution >= 0.6 is 0 Å². The van der Waals surface area contributed by atoms with Crippen LogP contribution in [0.2, 0.25) is 0 Å². The van der Waals surface area contributed by atoms with Gasteiger partial charge < -0.3 is 24.8 Å². The third kappa shape index (κ3) is 2.91. The summed E-state index contributed by atoms with van der Waals surface area (Å²) in [5, 5.41) is 22.5. The molecule has 2 aromatic rings. The van der Waals surface area contributed by atoms with Gasteiger partial charge in [0.05, 0.1) is 7.11 Å². The molecule has 0 amide bonds. The number of hydrogen-bond acceptors (Lipinski definition) is 7. The standard InChI is InChI=1S/C17H23N5O3/c1-24-15-13(25-10-11(23)9-21-6-2-7-21)4-3-12-14(15)20-17(18)22-8-5-19-16(12)22/h3-4,11,18-19,23H,2,5-10H2,1H3/t11-/m0/s1. The van der Waals surface area contributed by atoms with Crippen molar-refractivity contribution in [3.63, 3.8) is 0 Å². The van der Waals surface area contributed by atoms with Gasteiger partial charge in [-0.1, -0.05) is 0 Å². The quantitative estimate of drug-likeness (QED) is 0.701. The predicted octanol–water partition coefficient (Wildman–Crippen LogP) is 0.395. The Morgan fingerprint density at radius 2 is 2.20 bits per heavy atom. The number of aliphatic hydroxyl groups is 1. The van der Waals surface area contributed by atoms with Gasteiger partial charge >= 0.3 is 0 Å². The van der Waals surface area contributed by atoms with Crippen molar-refractivity contribution in [2.24, 2.45) is 0 Å². The first-order valence-corrected chi connectivity index (χ1v) is 8.60. The summed E-state index contributed by atoms with van der Waals surface area (Å²) in [4.78, 5) is 6.59. The second-order valence-electron chi connectivity index (χ2n) is 6.47. The summed E-state index contributed by atoms with van der Waals surface area (Å²) >= 11 is 0. The van der Waals surface area contributed by atoms with Crippen LogP contribution in [-0.2, 0) is 6.54 Å². The van der Waals surface area contributed by atoms with E-state index in [1.807, 2.05) is 16.7 Å². The minimum Gasteiger partial charge on any atom is -0.491 e. The second kappa shape index (κ2) is 6.53. The number of ether oxygens (including phenoxy) is 2. The van der Waals surface area contributed by atoms with E-state index in [1.165, 1.54) is 6.42 Å². The van der Waals surface area contributed by atoms with Gasteiger partial charge in [-0.05, 0) is 31.6 Å². The molecule has 4 rings (SSSR count). The number of β-amino-alcohol motifs (C(OH)–C–C–N with tert-alkyl or cyclic N) is 1. The number of hydrogen-bond donors (Lipinski definition) is 3. The Labute approximate surface area is 145 Å². The van der Waals surface area contributed by atoms with Gasteiger partial charge in [0.1, 0.15) is 24.0 Å². The molecule has 0 unspecified atom stereocenters. The number of nitrogens with one attached hydrogen (secondary N) is 2. The molecule has 0 aliphatic carbocycles. The lowest BCUT2D eigenvalue weighted by molar-refractivity contribution is 0.0461. The fourth-order valence-corrected chi connectivity index (χ4v) is 3.38. The third-order valence-corrected chi connectivity index (χ3v) is 4.77. The van der Waals surface area contributed by atoms with E-state index in [2.05, 4.69) is 15.2 Å². The van der Waals surface area contributed by atoms with Crippen LogP contribution in [0.15, 0.2) is 12.1 Å². The van der Waals surface area contributed by atoms with Crippen molar-refractivity contribution in [2.45, 2.75) is 19.1 Å². The van der Waals surface area contributed by atoms with E-state index in [0.29, 0.717) is 23.6 Å². The number of likely N-dealkylation sites (tertiary alicyclic amines) is 1. The maximum Gasteiger partial charge on any atom is 0.224 e. The van der Waals surface area contributed by atoms with Crippen molar-refractivity contribution >= 4 is 16.7 Å². The minimum absolute atomic E-state index is 0.195. The van der Waals surface area contributed by atoms with Gasteiger partial charge in [-0.3, -0.25) is 9.98 Å². The van der Waals surface area contributed by atoms with Crippen LogP contribution < -0.4 is 20.4 Å². The molecule has 0 saturated carbocycles. The number of aliphatic hydroxyl groups excluding tert-OH is 1. The molecule has 1 aromatic carbocycles. The highest BCUT2D eigenvalue weighted by atomic mass is 16.5. The van der Waals surface area contributed by atoms with Crippen LogP contribution in [0.3, 0.4) is 0 Å². The van der Waals surface area contributed by atoms with Crippen molar-refractivity contribution in [2.75, 3.05) is 45.2 Å². The molecule has 0 spiro atoms. The van der Waals surface area contributed by atoms with Crippen LogP contribution in [0, 0.1) is 5.41 Å². The number of rotatable bonds is 6. The molecule has 2 aliphatic heterocycles. The Hall–Kier alpha value is -2.32. The largest absolute Gasteiger partial charge is 0.491 e. The summed E-state index contributed by atoms with van der Waals surface area (Å²) in [6.07, 6.45) is 0.654. The van der Waals surface area contributed by atoms with Crippen LogP contribution in [-0.4, -0.2) is 65.6 Å². The number of benzene rings is 1. The number of anilines is 1. The molecular formula is C17H23N5O3. The van der Waals surface area contributed by atoms with E-state index in [4.69, 9.17) is 14.9 Å². The van der Waals surface area contributed by atoms with Gasteiger partial charge in [-0.15, -0.1) is 0 Å². The molecule has 1 fully saturated rings. The summed E-state index contributed by atoms with van der Waals surface area (Å²) < 4.78 is 13.2. The summed E-state index contributed by atoms with van der Waals surface area (Å²) in [5.74, 6) is 1.92. The van der Waals surface area contributed by atoms with Crippen molar-refractivity contribution < 1.29 is 14.6 Å². The minimum atomic E-state index is -0.544. The lowest BCUT2D eigenvalue weighted by atomic mass is 10.2. The second-order valence-corrected chi connectivity index (χ2v) is 6.47. The highest BCUT2D eigenvalue weighted by molar-refractivity contribution is 5.95. The van der Waals surface area contributed by atoms with E-state index in [0.717, 1.165) is 37.4 Å². The number of aromatic nitrogens is 2. The molecular weight excluding hydrogens is 322 g/mol. The number of fused-ring (bicyclic) bond motifs is 3. The molecule has 134 valence electrons. The molecule has 8 heteroatoms. The summed E-state index contributed by atoms with van der Waals surface area (Å²) in [6, 6.07) is 3.76. The predicted molar refractivity (Wildman–Crippen MR) is 93.2 cm³/mol. The molecule has 2 aliphatic rings. The molecule has 3 N–H and O–H groups in total. The molecule has 1 atom stereocenters. The van der Waals surface area contributed by atoms with Crippen LogP contribution in [0.5, 0.6) is 11.5 Å². The Morgan fingerprint density at radius 3 is 2.92 bits per heavy atom. The monoisotopic (exact) mass is 345 g/mol.